The second-order valence-electron chi connectivity index (χ2n) is 6.52. The number of hydrogen-bond donors (Lipinski definition) is 0. The molecular formula is C21H16F3N3O2. The molecule has 2 aromatic heterocycles. The molecular weight excluding hydrogens is 383 g/mol. The Morgan fingerprint density at radius 3 is 2.59 bits per heavy atom. The second-order valence-corrected chi connectivity index (χ2v) is 6.52. The first-order valence-electron chi connectivity index (χ1n) is 8.74. The minimum atomic E-state index is -4.43. The zero-order chi connectivity index (χ0) is 20.6. The number of nitrogens with zero attached hydrogens (tertiary/aromatic N) is 3. The van der Waals surface area contributed by atoms with Crippen LogP contribution in [0, 0.1) is 0 Å². The molecule has 0 amide bonds. The highest BCUT2D eigenvalue weighted by atomic mass is 19.4. The Balaban J connectivity index is 1.71. The van der Waals surface area contributed by atoms with Crippen molar-refractivity contribution >= 4 is 5.52 Å². The van der Waals surface area contributed by atoms with Crippen LogP contribution in [0.4, 0.5) is 13.2 Å². The van der Waals surface area contributed by atoms with E-state index in [9.17, 15) is 18.0 Å². The third-order valence-electron chi connectivity index (χ3n) is 4.58. The summed E-state index contributed by atoms with van der Waals surface area (Å²) in [4.78, 5) is 12.8. The maximum atomic E-state index is 12.9. The van der Waals surface area contributed by atoms with Crippen LogP contribution < -0.4 is 10.3 Å². The molecule has 0 N–H and O–H groups in total. The van der Waals surface area contributed by atoms with Crippen molar-refractivity contribution in [1.82, 2.24) is 14.2 Å². The fraction of sp³-hybridized carbons (Fsp3) is 0.143. The summed E-state index contributed by atoms with van der Waals surface area (Å²) >= 11 is 0. The first-order chi connectivity index (χ1) is 13.8. The molecule has 0 aliphatic carbocycles. The molecule has 0 unspecified atom stereocenters. The lowest BCUT2D eigenvalue weighted by atomic mass is 10.1. The van der Waals surface area contributed by atoms with Gasteiger partial charge in [-0.2, -0.15) is 18.3 Å². The first kappa shape index (κ1) is 18.8. The van der Waals surface area contributed by atoms with E-state index in [0.717, 1.165) is 17.7 Å². The number of hydrogen-bond acceptors (Lipinski definition) is 3. The summed E-state index contributed by atoms with van der Waals surface area (Å²) in [5.41, 5.74) is 1.02. The van der Waals surface area contributed by atoms with Crippen LogP contribution in [0.3, 0.4) is 0 Å². The van der Waals surface area contributed by atoms with Gasteiger partial charge in [0.05, 0.1) is 24.9 Å². The van der Waals surface area contributed by atoms with Crippen LogP contribution in [0.15, 0.2) is 71.8 Å². The Hall–Kier alpha value is -3.55. The van der Waals surface area contributed by atoms with Gasteiger partial charge in [-0.15, -0.1) is 0 Å². The minimum absolute atomic E-state index is 0.0267. The smallest absolute Gasteiger partial charge is 0.416 e. The van der Waals surface area contributed by atoms with Crippen molar-refractivity contribution in [2.45, 2.75) is 12.7 Å². The van der Waals surface area contributed by atoms with Gasteiger partial charge in [0, 0.05) is 18.0 Å². The van der Waals surface area contributed by atoms with Gasteiger partial charge in [0.2, 0.25) is 0 Å². The van der Waals surface area contributed by atoms with Crippen LogP contribution in [0.25, 0.3) is 16.8 Å². The predicted molar refractivity (Wildman–Crippen MR) is 102 cm³/mol. The number of alkyl halides is 3. The average Bonchev–Trinajstić information content (AvgIpc) is 3.15. The zero-order valence-electron chi connectivity index (χ0n) is 15.3. The van der Waals surface area contributed by atoms with Gasteiger partial charge in [0.1, 0.15) is 11.3 Å². The van der Waals surface area contributed by atoms with Crippen molar-refractivity contribution in [3.63, 3.8) is 0 Å². The van der Waals surface area contributed by atoms with Gasteiger partial charge in [-0.25, -0.2) is 4.52 Å². The third kappa shape index (κ3) is 3.73. The molecule has 2 aromatic carbocycles. The molecule has 0 radical (unpaired) electrons. The quantitative estimate of drug-likeness (QED) is 0.516. The van der Waals surface area contributed by atoms with Gasteiger partial charge >= 0.3 is 6.18 Å². The predicted octanol–water partition coefficient (Wildman–Crippen LogP) is 4.24. The van der Waals surface area contributed by atoms with Crippen LogP contribution in [0.5, 0.6) is 5.75 Å². The summed E-state index contributed by atoms with van der Waals surface area (Å²) in [6.07, 6.45) is -1.31. The number of halogens is 3. The van der Waals surface area contributed by atoms with Crippen molar-refractivity contribution in [1.29, 1.82) is 0 Å². The molecule has 2 heterocycles. The molecule has 5 nitrogen and oxygen atoms in total. The third-order valence-corrected chi connectivity index (χ3v) is 4.58. The molecule has 0 atom stereocenters. The number of methoxy groups -OCH3 is 1. The van der Waals surface area contributed by atoms with E-state index < -0.39 is 11.7 Å². The van der Waals surface area contributed by atoms with E-state index in [0.29, 0.717) is 22.5 Å². The average molecular weight is 399 g/mol. The van der Waals surface area contributed by atoms with Crippen LogP contribution in [0.1, 0.15) is 11.1 Å². The van der Waals surface area contributed by atoms with E-state index in [4.69, 9.17) is 4.74 Å². The molecule has 0 aliphatic rings. The maximum absolute atomic E-state index is 12.9. The molecule has 29 heavy (non-hydrogen) atoms. The van der Waals surface area contributed by atoms with E-state index in [-0.39, 0.29) is 12.1 Å². The molecule has 0 saturated heterocycles. The molecule has 0 saturated carbocycles. The summed E-state index contributed by atoms with van der Waals surface area (Å²) in [7, 11) is 1.56. The highest BCUT2D eigenvalue weighted by Crippen LogP contribution is 2.29. The Bertz CT molecular complexity index is 1240. The molecule has 0 aliphatic heterocycles. The molecule has 4 rings (SSSR count). The van der Waals surface area contributed by atoms with Crippen molar-refractivity contribution in [3.8, 4) is 17.0 Å². The lowest BCUT2D eigenvalue weighted by Gasteiger charge is -2.10. The van der Waals surface area contributed by atoms with Crippen molar-refractivity contribution in [2.24, 2.45) is 0 Å². The van der Waals surface area contributed by atoms with E-state index in [1.54, 1.807) is 31.5 Å². The second kappa shape index (κ2) is 7.12. The number of rotatable bonds is 4. The van der Waals surface area contributed by atoms with Gasteiger partial charge in [-0.3, -0.25) is 4.79 Å². The van der Waals surface area contributed by atoms with Crippen molar-refractivity contribution in [3.05, 3.63) is 88.5 Å². The van der Waals surface area contributed by atoms with Crippen LogP contribution in [-0.4, -0.2) is 21.3 Å². The van der Waals surface area contributed by atoms with Crippen molar-refractivity contribution in [2.75, 3.05) is 7.11 Å². The first-order valence-corrected chi connectivity index (χ1v) is 8.74. The summed E-state index contributed by atoms with van der Waals surface area (Å²) in [5, 5.41) is 4.41. The SMILES string of the molecule is COc1cccc(-c2cc3c(=O)n(Cc4cccc(C(F)(F)F)c4)ccn3n2)c1. The molecule has 4 aromatic rings. The monoisotopic (exact) mass is 399 g/mol. The van der Waals surface area contributed by atoms with Gasteiger partial charge in [0.25, 0.3) is 5.56 Å². The Kier molecular flexibility index (Phi) is 4.62. The largest absolute Gasteiger partial charge is 0.497 e. The lowest BCUT2D eigenvalue weighted by molar-refractivity contribution is -0.137. The topological polar surface area (TPSA) is 48.5 Å². The Morgan fingerprint density at radius 2 is 1.83 bits per heavy atom. The highest BCUT2D eigenvalue weighted by Gasteiger charge is 2.30. The van der Waals surface area contributed by atoms with Crippen LogP contribution >= 0.6 is 0 Å². The number of benzene rings is 2. The highest BCUT2D eigenvalue weighted by molar-refractivity contribution is 5.66. The van der Waals surface area contributed by atoms with E-state index in [1.807, 2.05) is 18.2 Å². The zero-order valence-corrected chi connectivity index (χ0v) is 15.3. The minimum Gasteiger partial charge on any atom is -0.497 e. The summed E-state index contributed by atoms with van der Waals surface area (Å²) < 4.78 is 46.8. The summed E-state index contributed by atoms with van der Waals surface area (Å²) in [5.74, 6) is 0.668. The van der Waals surface area contributed by atoms with Gasteiger partial charge in [-0.1, -0.05) is 24.3 Å². The normalized spacial score (nSPS) is 11.7. The molecule has 0 fully saturated rings. The fourth-order valence-corrected chi connectivity index (χ4v) is 3.12. The Morgan fingerprint density at radius 1 is 1.03 bits per heavy atom. The van der Waals surface area contributed by atoms with E-state index in [1.165, 1.54) is 21.3 Å². The summed E-state index contributed by atoms with van der Waals surface area (Å²) in [6.45, 7) is 0.0267. The molecule has 8 heteroatoms. The van der Waals surface area contributed by atoms with Gasteiger partial charge < -0.3 is 9.30 Å². The van der Waals surface area contributed by atoms with Gasteiger partial charge in [-0.05, 0) is 35.9 Å². The lowest BCUT2D eigenvalue weighted by Crippen LogP contribution is -2.22. The summed E-state index contributed by atoms with van der Waals surface area (Å²) in [6, 6.07) is 13.9. The van der Waals surface area contributed by atoms with Crippen LogP contribution in [-0.2, 0) is 12.7 Å². The number of fused-ring (bicyclic) bond motifs is 1. The van der Waals surface area contributed by atoms with Gasteiger partial charge in [0.15, 0.2) is 0 Å². The Labute approximate surface area is 163 Å². The molecule has 0 spiro atoms. The number of aromatic nitrogens is 3. The van der Waals surface area contributed by atoms with Crippen molar-refractivity contribution < 1.29 is 17.9 Å². The van der Waals surface area contributed by atoms with Crippen LogP contribution in [0.2, 0.25) is 0 Å². The fourth-order valence-electron chi connectivity index (χ4n) is 3.12. The van der Waals surface area contributed by atoms with E-state index >= 15 is 0 Å². The molecule has 0 bridgehead atoms. The number of ether oxygens (including phenoxy) is 1. The van der Waals surface area contributed by atoms with E-state index in [2.05, 4.69) is 5.10 Å². The molecule has 148 valence electrons. The maximum Gasteiger partial charge on any atom is 0.416 e. The standard InChI is InChI=1S/C21H16F3N3O2/c1-29-17-7-3-5-15(11-17)18-12-19-20(28)26(8-9-27(19)25-18)13-14-4-2-6-16(10-14)21(22,23)24/h2-12H,13H2,1H3.